The van der Waals surface area contributed by atoms with E-state index in [0.29, 0.717) is 5.75 Å². The first kappa shape index (κ1) is 18.1. The van der Waals surface area contributed by atoms with Crippen molar-refractivity contribution in [2.75, 3.05) is 20.2 Å². The van der Waals surface area contributed by atoms with Gasteiger partial charge < -0.3 is 20.3 Å². The molecule has 1 aliphatic heterocycles. The van der Waals surface area contributed by atoms with Gasteiger partial charge in [0.15, 0.2) is 11.5 Å². The summed E-state index contributed by atoms with van der Waals surface area (Å²) in [6.45, 7) is 6.83. The maximum Gasteiger partial charge on any atom is 0.161 e. The van der Waals surface area contributed by atoms with Crippen LogP contribution in [0.15, 0.2) is 42.5 Å². The highest BCUT2D eigenvalue weighted by Crippen LogP contribution is 2.30. The van der Waals surface area contributed by atoms with Crippen molar-refractivity contribution < 1.29 is 14.9 Å². The van der Waals surface area contributed by atoms with Crippen LogP contribution in [0.1, 0.15) is 30.4 Å². The van der Waals surface area contributed by atoms with Gasteiger partial charge in [0, 0.05) is 6.07 Å². The lowest BCUT2D eigenvalue weighted by atomic mass is 9.82. The van der Waals surface area contributed by atoms with E-state index in [2.05, 4.69) is 43.4 Å². The summed E-state index contributed by atoms with van der Waals surface area (Å²) in [5.74, 6) is 1.75. The number of aromatic hydroxyl groups is 2. The second-order valence-electron chi connectivity index (χ2n) is 6.34. The average Bonchev–Trinajstić information content (AvgIpc) is 2.59. The van der Waals surface area contributed by atoms with Crippen molar-refractivity contribution in [2.24, 2.45) is 5.92 Å². The fourth-order valence-electron chi connectivity index (χ4n) is 2.95. The van der Waals surface area contributed by atoms with Gasteiger partial charge in [-0.25, -0.2) is 0 Å². The summed E-state index contributed by atoms with van der Waals surface area (Å²) in [7, 11) is 1.49. The van der Waals surface area contributed by atoms with Gasteiger partial charge in [-0.3, -0.25) is 0 Å². The van der Waals surface area contributed by atoms with E-state index in [1.807, 2.05) is 0 Å². The summed E-state index contributed by atoms with van der Waals surface area (Å²) in [5.41, 5.74) is 2.87. The number of aryl methyl sites for hydroxylation is 1. The Bertz CT molecular complexity index is 640. The van der Waals surface area contributed by atoms with Gasteiger partial charge >= 0.3 is 0 Å². The number of benzene rings is 2. The third-order valence-electron chi connectivity index (χ3n) is 4.47. The monoisotopic (exact) mass is 329 g/mol. The third kappa shape index (κ3) is 4.90. The van der Waals surface area contributed by atoms with Crippen LogP contribution >= 0.6 is 0 Å². The first-order valence-corrected chi connectivity index (χ1v) is 8.34. The lowest BCUT2D eigenvalue weighted by Crippen LogP contribution is -2.33. The Kier molecular flexibility index (Phi) is 6.50. The van der Waals surface area contributed by atoms with Crippen molar-refractivity contribution in [3.63, 3.8) is 0 Å². The predicted molar refractivity (Wildman–Crippen MR) is 96.9 cm³/mol. The highest BCUT2D eigenvalue weighted by Gasteiger charge is 2.22. The molecule has 2 aromatic rings. The van der Waals surface area contributed by atoms with Crippen LogP contribution in [0.4, 0.5) is 0 Å². The standard InChI is InChI=1S/C13H19N.C7H8O3/c1-10-3-5-12(6-4-10)13-7-8-14-9-11(13)2;1-10-5-2-3-6(8)7(9)4-5/h3-6,11,13-14H,7-9H2,1-2H3;2-4,8-9H,1H3/t11-,13-;/m1./s1. The normalized spacial score (nSPS) is 20.0. The topological polar surface area (TPSA) is 61.7 Å². The number of ether oxygens (including phenoxy) is 1. The highest BCUT2D eigenvalue weighted by atomic mass is 16.5. The van der Waals surface area contributed by atoms with Gasteiger partial charge in [0.2, 0.25) is 0 Å². The van der Waals surface area contributed by atoms with Crippen LogP contribution in [0.3, 0.4) is 0 Å². The molecular formula is C20H27NO3. The molecule has 0 aromatic heterocycles. The molecule has 24 heavy (non-hydrogen) atoms. The minimum Gasteiger partial charge on any atom is -0.504 e. The smallest absolute Gasteiger partial charge is 0.161 e. The first-order chi connectivity index (χ1) is 11.5. The maximum absolute atomic E-state index is 8.90. The summed E-state index contributed by atoms with van der Waals surface area (Å²) in [5, 5.41) is 21.2. The van der Waals surface area contributed by atoms with Crippen molar-refractivity contribution in [1.82, 2.24) is 5.32 Å². The van der Waals surface area contributed by atoms with E-state index in [1.54, 1.807) is 6.07 Å². The number of rotatable bonds is 2. The van der Waals surface area contributed by atoms with Crippen LogP contribution < -0.4 is 10.1 Å². The Morgan fingerprint density at radius 1 is 1.04 bits per heavy atom. The number of piperidine rings is 1. The highest BCUT2D eigenvalue weighted by molar-refractivity contribution is 5.43. The number of nitrogens with one attached hydrogen (secondary N) is 1. The molecule has 1 fully saturated rings. The molecule has 3 rings (SSSR count). The van der Waals surface area contributed by atoms with Crippen molar-refractivity contribution in [1.29, 1.82) is 0 Å². The molecule has 0 radical (unpaired) electrons. The Hall–Kier alpha value is -2.20. The molecule has 0 spiro atoms. The van der Waals surface area contributed by atoms with E-state index < -0.39 is 0 Å². The van der Waals surface area contributed by atoms with Crippen LogP contribution in [-0.4, -0.2) is 30.4 Å². The van der Waals surface area contributed by atoms with Crippen LogP contribution in [0, 0.1) is 12.8 Å². The molecule has 4 heteroatoms. The fourth-order valence-corrected chi connectivity index (χ4v) is 2.95. The second-order valence-corrected chi connectivity index (χ2v) is 6.34. The van der Waals surface area contributed by atoms with Crippen molar-refractivity contribution in [2.45, 2.75) is 26.2 Å². The quantitative estimate of drug-likeness (QED) is 0.733. The van der Waals surface area contributed by atoms with Gasteiger partial charge in [-0.1, -0.05) is 36.8 Å². The molecule has 2 atom stereocenters. The first-order valence-electron chi connectivity index (χ1n) is 8.34. The Labute approximate surface area is 144 Å². The number of hydrogen-bond donors (Lipinski definition) is 3. The molecule has 1 aliphatic rings. The van der Waals surface area contributed by atoms with Gasteiger partial charge in [0.1, 0.15) is 5.75 Å². The van der Waals surface area contributed by atoms with E-state index >= 15 is 0 Å². The van der Waals surface area contributed by atoms with Crippen LogP contribution in [0.25, 0.3) is 0 Å². The number of phenols is 2. The molecule has 0 amide bonds. The maximum atomic E-state index is 8.90. The second kappa shape index (κ2) is 8.60. The zero-order chi connectivity index (χ0) is 17.5. The minimum absolute atomic E-state index is 0.138. The zero-order valence-electron chi connectivity index (χ0n) is 14.6. The molecule has 0 saturated carbocycles. The Morgan fingerprint density at radius 3 is 2.33 bits per heavy atom. The summed E-state index contributed by atoms with van der Waals surface area (Å²) in [6.07, 6.45) is 1.28. The number of hydrogen-bond acceptors (Lipinski definition) is 4. The van der Waals surface area contributed by atoms with Crippen molar-refractivity contribution in [3.8, 4) is 17.2 Å². The van der Waals surface area contributed by atoms with E-state index in [-0.39, 0.29) is 11.5 Å². The SMILES string of the molecule is COc1ccc(O)c(O)c1.Cc1ccc([C@@H]2CCNC[C@H]2C)cc1. The summed E-state index contributed by atoms with van der Waals surface area (Å²) in [4.78, 5) is 0. The molecule has 1 saturated heterocycles. The zero-order valence-corrected chi connectivity index (χ0v) is 14.6. The van der Waals surface area contributed by atoms with E-state index in [0.717, 1.165) is 11.8 Å². The third-order valence-corrected chi connectivity index (χ3v) is 4.47. The molecule has 0 unspecified atom stereocenters. The van der Waals surface area contributed by atoms with Crippen LogP contribution in [0.2, 0.25) is 0 Å². The summed E-state index contributed by atoms with van der Waals surface area (Å²) < 4.78 is 4.78. The summed E-state index contributed by atoms with van der Waals surface area (Å²) in [6, 6.07) is 13.3. The molecule has 2 aromatic carbocycles. The number of phenolic OH excluding ortho intramolecular Hbond substituents is 2. The van der Waals surface area contributed by atoms with Gasteiger partial charge in [-0.05, 0) is 56.0 Å². The molecule has 3 N–H and O–H groups in total. The largest absolute Gasteiger partial charge is 0.504 e. The van der Waals surface area contributed by atoms with Crippen molar-refractivity contribution in [3.05, 3.63) is 53.6 Å². The van der Waals surface area contributed by atoms with Gasteiger partial charge in [0.05, 0.1) is 7.11 Å². The molecule has 130 valence electrons. The molecular weight excluding hydrogens is 302 g/mol. The molecule has 0 aliphatic carbocycles. The van der Waals surface area contributed by atoms with Crippen molar-refractivity contribution >= 4 is 0 Å². The average molecular weight is 329 g/mol. The van der Waals surface area contributed by atoms with E-state index in [9.17, 15) is 0 Å². The van der Waals surface area contributed by atoms with Gasteiger partial charge in [0.25, 0.3) is 0 Å². The van der Waals surface area contributed by atoms with Crippen LogP contribution in [-0.2, 0) is 0 Å². The Balaban J connectivity index is 0.000000185. The lowest BCUT2D eigenvalue weighted by Gasteiger charge is -2.29. The van der Waals surface area contributed by atoms with E-state index in [4.69, 9.17) is 14.9 Å². The summed E-state index contributed by atoms with van der Waals surface area (Å²) >= 11 is 0. The van der Waals surface area contributed by atoms with Crippen LogP contribution in [0.5, 0.6) is 17.2 Å². The van der Waals surface area contributed by atoms with Gasteiger partial charge in [-0.15, -0.1) is 0 Å². The van der Waals surface area contributed by atoms with E-state index in [1.165, 1.54) is 49.9 Å². The number of methoxy groups -OCH3 is 1. The van der Waals surface area contributed by atoms with Gasteiger partial charge in [-0.2, -0.15) is 0 Å². The molecule has 4 nitrogen and oxygen atoms in total. The lowest BCUT2D eigenvalue weighted by molar-refractivity contribution is 0.349. The molecule has 0 bridgehead atoms. The fraction of sp³-hybridized carbons (Fsp3) is 0.400. The minimum atomic E-state index is -0.167. The molecule has 1 heterocycles. The Morgan fingerprint density at radius 2 is 1.75 bits per heavy atom. The predicted octanol–water partition coefficient (Wildman–Crippen LogP) is 3.81.